The maximum absolute atomic E-state index is 12.4. The average molecular weight is 480 g/mol. The van der Waals surface area contributed by atoms with Gasteiger partial charge in [-0.15, -0.1) is 11.3 Å². The molecule has 1 aromatic heterocycles. The fourth-order valence-electron chi connectivity index (χ4n) is 2.94. The third kappa shape index (κ3) is 5.42. The highest BCUT2D eigenvalue weighted by Crippen LogP contribution is 2.39. The molecule has 4 amide bonds. The third-order valence-corrected chi connectivity index (χ3v) is 5.68. The molecule has 3 rings (SSSR count). The maximum Gasteiger partial charge on any atom is 0.341 e. The van der Waals surface area contributed by atoms with Gasteiger partial charge in [-0.05, 0) is 12.5 Å². The summed E-state index contributed by atoms with van der Waals surface area (Å²) in [6, 6.07) is 5.48. The van der Waals surface area contributed by atoms with E-state index in [4.69, 9.17) is 21.1 Å². The summed E-state index contributed by atoms with van der Waals surface area (Å²) in [6.07, 6.45) is -0.134. The SMILES string of the molecule is COC(=O)c1c(-c2ccccc2Cl)csc1NC(=O)COC(=O)CC[C@H]1NC(=O)NC1=O. The Morgan fingerprint density at radius 2 is 1.94 bits per heavy atom. The Labute approximate surface area is 191 Å². The number of carbonyl (C=O) groups excluding carboxylic acids is 5. The average Bonchev–Trinajstić information content (AvgIpc) is 3.32. The van der Waals surface area contributed by atoms with E-state index in [0.717, 1.165) is 11.3 Å². The van der Waals surface area contributed by atoms with E-state index in [2.05, 4.69) is 16.0 Å². The quantitative estimate of drug-likeness (QED) is 0.390. The number of hydrogen-bond donors (Lipinski definition) is 3. The van der Waals surface area contributed by atoms with Crippen LogP contribution in [0, 0.1) is 0 Å². The van der Waals surface area contributed by atoms with Gasteiger partial charge in [0.1, 0.15) is 16.6 Å². The van der Waals surface area contributed by atoms with Crippen LogP contribution in [0.5, 0.6) is 0 Å². The van der Waals surface area contributed by atoms with Crippen LogP contribution in [0.15, 0.2) is 29.6 Å². The number of amides is 4. The molecule has 2 aromatic rings. The second kappa shape index (κ2) is 10.2. The molecule has 3 N–H and O–H groups in total. The standard InChI is InChI=1S/C20H18ClN3O7S/c1-30-19(28)16-11(10-4-2-3-5-12(10)21)9-32-18(16)23-14(25)8-31-15(26)7-6-13-17(27)24-20(29)22-13/h2-5,9,13H,6-8H2,1H3,(H,23,25)(H2,22,24,27,29)/t13-/m1/s1. The van der Waals surface area contributed by atoms with Gasteiger partial charge < -0.3 is 20.1 Å². The van der Waals surface area contributed by atoms with Crippen molar-refractivity contribution < 1.29 is 33.4 Å². The van der Waals surface area contributed by atoms with E-state index in [0.29, 0.717) is 16.1 Å². The molecule has 168 valence electrons. The number of halogens is 1. The molecule has 1 fully saturated rings. The fourth-order valence-corrected chi connectivity index (χ4v) is 4.14. The lowest BCUT2D eigenvalue weighted by molar-refractivity contribution is -0.147. The van der Waals surface area contributed by atoms with Crippen molar-refractivity contribution in [2.45, 2.75) is 18.9 Å². The molecule has 0 aliphatic carbocycles. The van der Waals surface area contributed by atoms with Crippen molar-refractivity contribution in [2.24, 2.45) is 0 Å². The van der Waals surface area contributed by atoms with Crippen LogP contribution in [0.3, 0.4) is 0 Å². The zero-order valence-corrected chi connectivity index (χ0v) is 18.3. The van der Waals surface area contributed by atoms with E-state index in [9.17, 15) is 24.0 Å². The van der Waals surface area contributed by atoms with Crippen LogP contribution in [0.2, 0.25) is 5.02 Å². The highest BCUT2D eigenvalue weighted by atomic mass is 35.5. The maximum atomic E-state index is 12.4. The predicted molar refractivity (Wildman–Crippen MR) is 115 cm³/mol. The van der Waals surface area contributed by atoms with Crippen molar-refractivity contribution in [1.29, 1.82) is 0 Å². The van der Waals surface area contributed by atoms with Crippen molar-refractivity contribution >= 4 is 57.7 Å². The van der Waals surface area contributed by atoms with E-state index in [1.807, 2.05) is 0 Å². The number of carbonyl (C=O) groups is 5. The number of esters is 2. The number of nitrogens with one attached hydrogen (secondary N) is 3. The number of methoxy groups -OCH3 is 1. The van der Waals surface area contributed by atoms with Crippen molar-refractivity contribution in [1.82, 2.24) is 10.6 Å². The summed E-state index contributed by atoms with van der Waals surface area (Å²) in [7, 11) is 1.22. The van der Waals surface area contributed by atoms with Gasteiger partial charge >= 0.3 is 18.0 Å². The molecule has 2 heterocycles. The number of urea groups is 1. The molecular formula is C20H18ClN3O7S. The molecule has 0 saturated carbocycles. The summed E-state index contributed by atoms with van der Waals surface area (Å²) >= 11 is 7.33. The molecule has 0 spiro atoms. The Bertz CT molecular complexity index is 1080. The summed E-state index contributed by atoms with van der Waals surface area (Å²) in [5.74, 6) is -2.57. The minimum atomic E-state index is -0.819. The van der Waals surface area contributed by atoms with Gasteiger partial charge in [0.15, 0.2) is 6.61 Å². The molecular weight excluding hydrogens is 462 g/mol. The number of thiophene rings is 1. The molecule has 10 nitrogen and oxygen atoms in total. The monoisotopic (exact) mass is 479 g/mol. The predicted octanol–water partition coefficient (Wildman–Crippen LogP) is 2.32. The first kappa shape index (κ1) is 23.2. The van der Waals surface area contributed by atoms with Gasteiger partial charge in [0.2, 0.25) is 0 Å². The fraction of sp³-hybridized carbons (Fsp3) is 0.250. The Balaban J connectivity index is 1.60. The van der Waals surface area contributed by atoms with E-state index >= 15 is 0 Å². The van der Waals surface area contributed by atoms with Gasteiger partial charge in [-0.3, -0.25) is 19.7 Å². The Kier molecular flexibility index (Phi) is 7.44. The number of ether oxygens (including phenoxy) is 2. The van der Waals surface area contributed by atoms with Crippen LogP contribution >= 0.6 is 22.9 Å². The number of imide groups is 1. The lowest BCUT2D eigenvalue weighted by Crippen LogP contribution is -2.30. The minimum Gasteiger partial charge on any atom is -0.465 e. The summed E-state index contributed by atoms with van der Waals surface area (Å²) < 4.78 is 9.75. The Morgan fingerprint density at radius 1 is 1.19 bits per heavy atom. The first-order chi connectivity index (χ1) is 15.3. The zero-order valence-electron chi connectivity index (χ0n) is 16.7. The van der Waals surface area contributed by atoms with Gasteiger partial charge in [-0.2, -0.15) is 0 Å². The molecule has 32 heavy (non-hydrogen) atoms. The number of benzene rings is 1. The summed E-state index contributed by atoms with van der Waals surface area (Å²) in [5.41, 5.74) is 1.23. The Hall–Kier alpha value is -3.44. The number of anilines is 1. The van der Waals surface area contributed by atoms with Gasteiger partial charge in [-0.25, -0.2) is 9.59 Å². The van der Waals surface area contributed by atoms with Crippen LogP contribution in [-0.2, 0) is 23.9 Å². The van der Waals surface area contributed by atoms with Crippen molar-refractivity contribution in [3.8, 4) is 11.1 Å². The molecule has 0 radical (unpaired) electrons. The second-order valence-corrected chi connectivity index (χ2v) is 7.87. The molecule has 1 aliphatic heterocycles. The smallest absolute Gasteiger partial charge is 0.341 e. The summed E-state index contributed by atoms with van der Waals surface area (Å²) in [5, 5.41) is 9.26. The Morgan fingerprint density at radius 3 is 2.59 bits per heavy atom. The minimum absolute atomic E-state index is 0.0383. The molecule has 1 aliphatic rings. The van der Waals surface area contributed by atoms with Gasteiger partial charge in [0, 0.05) is 28.0 Å². The van der Waals surface area contributed by atoms with Crippen molar-refractivity contribution in [2.75, 3.05) is 19.0 Å². The lowest BCUT2D eigenvalue weighted by Gasteiger charge is -2.10. The number of hydrogen-bond acceptors (Lipinski definition) is 8. The first-order valence-corrected chi connectivity index (χ1v) is 10.6. The van der Waals surface area contributed by atoms with E-state index < -0.39 is 42.4 Å². The van der Waals surface area contributed by atoms with E-state index in [-0.39, 0.29) is 23.4 Å². The van der Waals surface area contributed by atoms with Crippen LogP contribution in [0.25, 0.3) is 11.1 Å². The van der Waals surface area contributed by atoms with Gasteiger partial charge in [-0.1, -0.05) is 29.8 Å². The second-order valence-electron chi connectivity index (χ2n) is 6.59. The first-order valence-electron chi connectivity index (χ1n) is 9.31. The topological polar surface area (TPSA) is 140 Å². The molecule has 0 bridgehead atoms. The van der Waals surface area contributed by atoms with Gasteiger partial charge in [0.25, 0.3) is 11.8 Å². The molecule has 1 aromatic carbocycles. The number of rotatable bonds is 8. The van der Waals surface area contributed by atoms with Crippen LogP contribution in [-0.4, -0.2) is 49.5 Å². The molecule has 1 atom stereocenters. The zero-order chi connectivity index (χ0) is 23.3. The van der Waals surface area contributed by atoms with Crippen LogP contribution in [0.1, 0.15) is 23.2 Å². The summed E-state index contributed by atoms with van der Waals surface area (Å²) in [4.78, 5) is 59.0. The normalized spacial score (nSPS) is 15.0. The van der Waals surface area contributed by atoms with Crippen molar-refractivity contribution in [3.63, 3.8) is 0 Å². The largest absolute Gasteiger partial charge is 0.465 e. The molecule has 0 unspecified atom stereocenters. The van der Waals surface area contributed by atoms with Crippen LogP contribution in [0.4, 0.5) is 9.80 Å². The van der Waals surface area contributed by atoms with E-state index in [1.165, 1.54) is 7.11 Å². The van der Waals surface area contributed by atoms with E-state index in [1.54, 1.807) is 29.6 Å². The lowest BCUT2D eigenvalue weighted by atomic mass is 10.0. The third-order valence-electron chi connectivity index (χ3n) is 4.46. The highest BCUT2D eigenvalue weighted by Gasteiger charge is 2.30. The van der Waals surface area contributed by atoms with Gasteiger partial charge in [0.05, 0.1) is 7.11 Å². The molecule has 12 heteroatoms. The molecule has 1 saturated heterocycles. The highest BCUT2D eigenvalue weighted by molar-refractivity contribution is 7.15. The van der Waals surface area contributed by atoms with Crippen molar-refractivity contribution in [3.05, 3.63) is 40.2 Å². The van der Waals surface area contributed by atoms with Crippen LogP contribution < -0.4 is 16.0 Å². The summed E-state index contributed by atoms with van der Waals surface area (Å²) in [6.45, 7) is -0.595.